The monoisotopic (exact) mass is 393 g/mol. The molecule has 118 valence electrons. The lowest BCUT2D eigenvalue weighted by Gasteiger charge is -2.37. The number of piperidine rings is 1. The Morgan fingerprint density at radius 1 is 1.38 bits per heavy atom. The lowest BCUT2D eigenvalue weighted by molar-refractivity contribution is 0.202. The molecule has 1 aliphatic rings. The summed E-state index contributed by atoms with van der Waals surface area (Å²) in [5.74, 6) is 0.682. The molecule has 0 aromatic heterocycles. The summed E-state index contributed by atoms with van der Waals surface area (Å²) >= 11 is 9.32. The molecule has 0 spiro atoms. The minimum atomic E-state index is -3.49. The molecule has 1 heterocycles. The van der Waals surface area contributed by atoms with Crippen LogP contribution in [0.2, 0.25) is 0 Å². The third-order valence-electron chi connectivity index (χ3n) is 4.41. The lowest BCUT2D eigenvalue weighted by Crippen LogP contribution is -2.46. The molecule has 21 heavy (non-hydrogen) atoms. The average Bonchev–Trinajstić information content (AvgIpc) is 2.44. The lowest BCUT2D eigenvalue weighted by atomic mass is 9.94. The van der Waals surface area contributed by atoms with Crippen LogP contribution >= 0.6 is 27.5 Å². The van der Waals surface area contributed by atoms with Crippen LogP contribution in [0.3, 0.4) is 0 Å². The van der Waals surface area contributed by atoms with Gasteiger partial charge in [-0.3, -0.25) is 0 Å². The van der Waals surface area contributed by atoms with Crippen LogP contribution in [0.4, 0.5) is 0 Å². The van der Waals surface area contributed by atoms with Gasteiger partial charge in [0.2, 0.25) is 10.0 Å². The molecule has 0 bridgehead atoms. The van der Waals surface area contributed by atoms with Crippen molar-refractivity contribution in [3.05, 3.63) is 27.7 Å². The third kappa shape index (κ3) is 3.31. The van der Waals surface area contributed by atoms with Crippen LogP contribution in [0.15, 0.2) is 21.5 Å². The molecule has 2 unspecified atom stereocenters. The molecule has 1 aliphatic heterocycles. The minimum absolute atomic E-state index is 0.0292. The van der Waals surface area contributed by atoms with Gasteiger partial charge in [-0.05, 0) is 55.9 Å². The second kappa shape index (κ2) is 6.57. The predicted octanol–water partition coefficient (Wildman–Crippen LogP) is 4.31. The summed E-state index contributed by atoms with van der Waals surface area (Å²) in [5, 5.41) is 0. The Morgan fingerprint density at radius 3 is 2.67 bits per heavy atom. The first-order valence-electron chi connectivity index (χ1n) is 7.16. The highest BCUT2D eigenvalue weighted by Crippen LogP contribution is 2.33. The van der Waals surface area contributed by atoms with E-state index in [2.05, 4.69) is 22.9 Å². The van der Waals surface area contributed by atoms with Crippen molar-refractivity contribution in [2.75, 3.05) is 6.54 Å². The third-order valence-corrected chi connectivity index (χ3v) is 7.66. The zero-order valence-corrected chi connectivity index (χ0v) is 15.7. The largest absolute Gasteiger partial charge is 0.243 e. The van der Waals surface area contributed by atoms with E-state index in [4.69, 9.17) is 11.6 Å². The predicted molar refractivity (Wildman–Crippen MR) is 90.2 cm³/mol. The highest BCUT2D eigenvalue weighted by molar-refractivity contribution is 9.10. The first-order valence-corrected chi connectivity index (χ1v) is 9.92. The van der Waals surface area contributed by atoms with Crippen molar-refractivity contribution in [3.8, 4) is 0 Å². The van der Waals surface area contributed by atoms with Crippen LogP contribution in [0.5, 0.6) is 0 Å². The number of benzene rings is 1. The quantitative estimate of drug-likeness (QED) is 0.717. The Morgan fingerprint density at radius 2 is 2.05 bits per heavy atom. The molecule has 0 aliphatic carbocycles. The van der Waals surface area contributed by atoms with Gasteiger partial charge in [0.05, 0.1) is 4.90 Å². The van der Waals surface area contributed by atoms with E-state index in [0.717, 1.165) is 28.4 Å². The highest BCUT2D eigenvalue weighted by Gasteiger charge is 2.35. The first-order chi connectivity index (χ1) is 9.78. The van der Waals surface area contributed by atoms with Crippen molar-refractivity contribution in [3.63, 3.8) is 0 Å². The molecular formula is C15H21BrClNO2S. The normalized spacial score (nSPS) is 24.2. The molecule has 1 saturated heterocycles. The summed E-state index contributed by atoms with van der Waals surface area (Å²) in [6.45, 7) is 6.53. The van der Waals surface area contributed by atoms with Gasteiger partial charge in [-0.25, -0.2) is 8.42 Å². The minimum Gasteiger partial charge on any atom is -0.207 e. The number of nitrogens with zero attached hydrogens (tertiary/aromatic N) is 1. The maximum absolute atomic E-state index is 13.0. The van der Waals surface area contributed by atoms with E-state index in [1.165, 1.54) is 0 Å². The summed E-state index contributed by atoms with van der Waals surface area (Å²) in [4.78, 5) is 0.369. The fourth-order valence-corrected chi connectivity index (χ4v) is 5.67. The fraction of sp³-hybridized carbons (Fsp3) is 0.600. The van der Waals surface area contributed by atoms with Gasteiger partial charge in [0, 0.05) is 22.9 Å². The van der Waals surface area contributed by atoms with Gasteiger partial charge >= 0.3 is 0 Å². The van der Waals surface area contributed by atoms with Crippen LogP contribution in [0, 0.1) is 12.8 Å². The van der Waals surface area contributed by atoms with Crippen LogP contribution in [-0.2, 0) is 15.9 Å². The van der Waals surface area contributed by atoms with Gasteiger partial charge in [0.25, 0.3) is 0 Å². The number of hydrogen-bond acceptors (Lipinski definition) is 2. The van der Waals surface area contributed by atoms with Crippen LogP contribution in [0.1, 0.15) is 37.8 Å². The number of sulfonamides is 1. The summed E-state index contributed by atoms with van der Waals surface area (Å²) in [7, 11) is -3.49. The second-order valence-electron chi connectivity index (χ2n) is 5.81. The van der Waals surface area contributed by atoms with E-state index in [1.807, 2.05) is 19.9 Å². The summed E-state index contributed by atoms with van der Waals surface area (Å²) in [5.41, 5.74) is 1.56. The second-order valence-corrected chi connectivity index (χ2v) is 8.79. The summed E-state index contributed by atoms with van der Waals surface area (Å²) in [6, 6.07) is 3.61. The van der Waals surface area contributed by atoms with Gasteiger partial charge in [0.1, 0.15) is 0 Å². The van der Waals surface area contributed by atoms with Crippen LogP contribution < -0.4 is 0 Å². The molecule has 0 saturated carbocycles. The molecule has 6 heteroatoms. The Kier molecular flexibility index (Phi) is 5.40. The van der Waals surface area contributed by atoms with Crippen molar-refractivity contribution < 1.29 is 8.42 Å². The fourth-order valence-electron chi connectivity index (χ4n) is 2.82. The van der Waals surface area contributed by atoms with Gasteiger partial charge in [-0.1, -0.05) is 22.9 Å². The topological polar surface area (TPSA) is 37.4 Å². The van der Waals surface area contributed by atoms with Gasteiger partial charge < -0.3 is 0 Å². The summed E-state index contributed by atoms with van der Waals surface area (Å²) in [6.07, 6.45) is 2.00. The molecule has 0 N–H and O–H groups in total. The average molecular weight is 395 g/mol. The van der Waals surface area contributed by atoms with Gasteiger partial charge in [0.15, 0.2) is 0 Å². The number of rotatable bonds is 3. The molecule has 2 rings (SSSR count). The number of hydrogen-bond donors (Lipinski definition) is 0. The smallest absolute Gasteiger partial charge is 0.207 e. The van der Waals surface area contributed by atoms with Crippen molar-refractivity contribution >= 4 is 37.6 Å². The van der Waals surface area contributed by atoms with Crippen LogP contribution in [0.25, 0.3) is 0 Å². The maximum atomic E-state index is 13.0. The number of halogens is 2. The van der Waals surface area contributed by atoms with E-state index in [1.54, 1.807) is 10.4 Å². The zero-order valence-electron chi connectivity index (χ0n) is 12.6. The Balaban J connectivity index is 2.51. The zero-order chi connectivity index (χ0) is 15.8. The standard InChI is InChI=1S/C15H21BrClNO2S/c1-10-5-4-6-18(12(10)3)21(19,20)15-8-13(9-17)7-14(16)11(15)2/h7-8,10,12H,4-6,9H2,1-3H3. The molecule has 2 atom stereocenters. The Bertz CT molecular complexity index is 633. The number of alkyl halides is 1. The van der Waals surface area contributed by atoms with E-state index in [0.29, 0.717) is 23.2 Å². The molecule has 1 aromatic carbocycles. The summed E-state index contributed by atoms with van der Waals surface area (Å²) < 4.78 is 28.5. The van der Waals surface area contributed by atoms with Crippen molar-refractivity contribution in [1.82, 2.24) is 4.31 Å². The van der Waals surface area contributed by atoms with E-state index < -0.39 is 10.0 Å². The molecule has 1 aromatic rings. The van der Waals surface area contributed by atoms with Gasteiger partial charge in [-0.2, -0.15) is 4.31 Å². The Hall–Kier alpha value is -0.100. The van der Waals surface area contributed by atoms with Crippen LogP contribution in [-0.4, -0.2) is 25.3 Å². The van der Waals surface area contributed by atoms with E-state index in [9.17, 15) is 8.42 Å². The first kappa shape index (κ1) is 17.3. The van der Waals surface area contributed by atoms with E-state index >= 15 is 0 Å². The maximum Gasteiger partial charge on any atom is 0.243 e. The van der Waals surface area contributed by atoms with Gasteiger partial charge in [-0.15, -0.1) is 11.6 Å². The Labute approximate surface area is 140 Å². The highest BCUT2D eigenvalue weighted by atomic mass is 79.9. The van der Waals surface area contributed by atoms with Crippen molar-refractivity contribution in [1.29, 1.82) is 0 Å². The molecule has 0 radical (unpaired) electrons. The van der Waals surface area contributed by atoms with Crippen molar-refractivity contribution in [2.45, 2.75) is 50.4 Å². The molecule has 0 amide bonds. The van der Waals surface area contributed by atoms with E-state index in [-0.39, 0.29) is 6.04 Å². The van der Waals surface area contributed by atoms with Crippen molar-refractivity contribution in [2.24, 2.45) is 5.92 Å². The molecular weight excluding hydrogens is 374 g/mol. The molecule has 3 nitrogen and oxygen atoms in total. The molecule has 1 fully saturated rings. The SMILES string of the molecule is Cc1c(Br)cc(CCl)cc1S(=O)(=O)N1CCCC(C)C1C.